The molecular formula is C13H14F3NO4. The van der Waals surface area contributed by atoms with E-state index < -0.39 is 18.4 Å². The number of ether oxygens (including phenoxy) is 2. The fourth-order valence-corrected chi connectivity index (χ4v) is 2.13. The van der Waals surface area contributed by atoms with Gasteiger partial charge in [0, 0.05) is 18.7 Å². The summed E-state index contributed by atoms with van der Waals surface area (Å²) in [6, 6.07) is 4.82. The molecule has 0 spiro atoms. The highest BCUT2D eigenvalue weighted by Crippen LogP contribution is 2.27. The zero-order valence-electron chi connectivity index (χ0n) is 11.0. The normalized spacial score (nSPS) is 20.2. The quantitative estimate of drug-likeness (QED) is 0.920. The molecule has 0 bridgehead atoms. The topological polar surface area (TPSA) is 59.0 Å². The predicted molar refractivity (Wildman–Crippen MR) is 65.8 cm³/mol. The Hall–Kier alpha value is -1.80. The number of carboxylic acid groups (broad SMARTS) is 1. The van der Waals surface area contributed by atoms with Gasteiger partial charge in [-0.3, -0.25) is 9.69 Å². The van der Waals surface area contributed by atoms with E-state index >= 15 is 0 Å². The average molecular weight is 305 g/mol. The number of morpholine rings is 1. The van der Waals surface area contributed by atoms with Crippen molar-refractivity contribution in [2.24, 2.45) is 0 Å². The maximum Gasteiger partial charge on any atom is 0.573 e. The van der Waals surface area contributed by atoms with Gasteiger partial charge in [-0.25, -0.2) is 0 Å². The standard InChI is InChI=1S/C13H14F3NO4/c14-13(15,16)21-11-4-2-1-3-9(11)7-17-5-6-20-8-10(17)12(18)19/h1-4,10H,5-8H2,(H,18,19). The highest BCUT2D eigenvalue weighted by atomic mass is 19.4. The molecule has 1 aliphatic heterocycles. The van der Waals surface area contributed by atoms with Gasteiger partial charge in [0.05, 0.1) is 13.2 Å². The van der Waals surface area contributed by atoms with Crippen molar-refractivity contribution in [2.45, 2.75) is 18.9 Å². The zero-order chi connectivity index (χ0) is 15.5. The average Bonchev–Trinajstić information content (AvgIpc) is 2.40. The Kier molecular flexibility index (Phi) is 4.69. The lowest BCUT2D eigenvalue weighted by atomic mass is 10.1. The minimum atomic E-state index is -4.78. The largest absolute Gasteiger partial charge is 0.573 e. The predicted octanol–water partition coefficient (Wildman–Crippen LogP) is 1.87. The van der Waals surface area contributed by atoms with E-state index in [1.54, 1.807) is 11.0 Å². The second kappa shape index (κ2) is 6.31. The molecule has 0 amide bonds. The van der Waals surface area contributed by atoms with Crippen molar-refractivity contribution in [3.05, 3.63) is 29.8 Å². The first kappa shape index (κ1) is 15.6. The molecule has 1 aliphatic rings. The molecule has 0 aliphatic carbocycles. The van der Waals surface area contributed by atoms with Crippen LogP contribution in [0, 0.1) is 0 Å². The molecule has 1 N–H and O–H groups in total. The van der Waals surface area contributed by atoms with E-state index in [9.17, 15) is 18.0 Å². The second-order valence-electron chi connectivity index (χ2n) is 4.55. The number of benzene rings is 1. The number of nitrogens with zero attached hydrogens (tertiary/aromatic N) is 1. The first-order chi connectivity index (χ1) is 9.87. The summed E-state index contributed by atoms with van der Waals surface area (Å²) in [5.41, 5.74) is 0.281. The number of aliphatic carboxylic acids is 1. The van der Waals surface area contributed by atoms with E-state index in [1.807, 2.05) is 0 Å². The summed E-state index contributed by atoms with van der Waals surface area (Å²) >= 11 is 0. The molecule has 21 heavy (non-hydrogen) atoms. The number of halogens is 3. The number of hydrogen-bond donors (Lipinski definition) is 1. The lowest BCUT2D eigenvalue weighted by Gasteiger charge is -2.33. The lowest BCUT2D eigenvalue weighted by molar-refractivity contribution is -0.275. The van der Waals surface area contributed by atoms with Crippen LogP contribution >= 0.6 is 0 Å². The van der Waals surface area contributed by atoms with E-state index in [0.717, 1.165) is 0 Å². The lowest BCUT2D eigenvalue weighted by Crippen LogP contribution is -2.49. The Morgan fingerprint density at radius 2 is 2.14 bits per heavy atom. The van der Waals surface area contributed by atoms with Gasteiger partial charge < -0.3 is 14.6 Å². The van der Waals surface area contributed by atoms with E-state index in [4.69, 9.17) is 9.84 Å². The molecule has 1 unspecified atom stereocenters. The molecule has 0 aromatic heterocycles. The molecule has 1 atom stereocenters. The van der Waals surface area contributed by atoms with Crippen molar-refractivity contribution in [2.75, 3.05) is 19.8 Å². The molecule has 2 rings (SSSR count). The van der Waals surface area contributed by atoms with E-state index in [-0.39, 0.29) is 24.5 Å². The fourth-order valence-electron chi connectivity index (χ4n) is 2.13. The second-order valence-corrected chi connectivity index (χ2v) is 4.55. The summed E-state index contributed by atoms with van der Waals surface area (Å²) in [6.07, 6.45) is -4.78. The number of para-hydroxylation sites is 1. The Balaban J connectivity index is 2.16. The van der Waals surface area contributed by atoms with Gasteiger partial charge in [-0.1, -0.05) is 18.2 Å². The molecule has 1 heterocycles. The summed E-state index contributed by atoms with van der Waals surface area (Å²) in [7, 11) is 0. The molecule has 116 valence electrons. The Labute approximate surface area is 118 Å². The van der Waals surface area contributed by atoms with Crippen LogP contribution in [0.1, 0.15) is 5.56 Å². The van der Waals surface area contributed by atoms with Crippen LogP contribution in [0.2, 0.25) is 0 Å². The van der Waals surface area contributed by atoms with E-state index in [1.165, 1.54) is 18.2 Å². The fraction of sp³-hybridized carbons (Fsp3) is 0.462. The maximum absolute atomic E-state index is 12.4. The van der Waals surface area contributed by atoms with Crippen LogP contribution in [0.4, 0.5) is 13.2 Å². The van der Waals surface area contributed by atoms with Crippen LogP contribution in [-0.4, -0.2) is 48.1 Å². The highest BCUT2D eigenvalue weighted by Gasteiger charge is 2.33. The van der Waals surface area contributed by atoms with Crippen LogP contribution in [0.5, 0.6) is 5.75 Å². The number of hydrogen-bond acceptors (Lipinski definition) is 4. The smallest absolute Gasteiger partial charge is 0.480 e. The van der Waals surface area contributed by atoms with Crippen molar-refractivity contribution in [1.29, 1.82) is 0 Å². The maximum atomic E-state index is 12.4. The van der Waals surface area contributed by atoms with Crippen molar-refractivity contribution in [1.82, 2.24) is 4.90 Å². The number of rotatable bonds is 4. The molecule has 1 aromatic rings. The molecule has 5 nitrogen and oxygen atoms in total. The summed E-state index contributed by atoms with van der Waals surface area (Å²) in [5, 5.41) is 9.11. The molecule has 0 saturated carbocycles. The minimum Gasteiger partial charge on any atom is -0.480 e. The highest BCUT2D eigenvalue weighted by molar-refractivity contribution is 5.73. The molecule has 8 heteroatoms. The molecule has 1 aromatic carbocycles. The van der Waals surface area contributed by atoms with Gasteiger partial charge in [-0.05, 0) is 6.07 Å². The summed E-state index contributed by atoms with van der Waals surface area (Å²) in [4.78, 5) is 12.7. The first-order valence-electron chi connectivity index (χ1n) is 6.25. The number of carboxylic acids is 1. The van der Waals surface area contributed by atoms with Crippen LogP contribution in [-0.2, 0) is 16.1 Å². The van der Waals surface area contributed by atoms with Crippen molar-refractivity contribution < 1.29 is 32.5 Å². The van der Waals surface area contributed by atoms with Crippen molar-refractivity contribution in [3.63, 3.8) is 0 Å². The van der Waals surface area contributed by atoms with Crippen molar-refractivity contribution >= 4 is 5.97 Å². The zero-order valence-corrected chi connectivity index (χ0v) is 11.0. The van der Waals surface area contributed by atoms with Gasteiger partial charge in [-0.2, -0.15) is 0 Å². The Bertz CT molecular complexity index is 506. The first-order valence-corrected chi connectivity index (χ1v) is 6.25. The number of carbonyl (C=O) groups is 1. The number of alkyl halides is 3. The van der Waals surface area contributed by atoms with Gasteiger partial charge in [0.2, 0.25) is 0 Å². The summed E-state index contributed by atoms with van der Waals surface area (Å²) < 4.78 is 46.1. The molecule has 1 fully saturated rings. The third-order valence-electron chi connectivity index (χ3n) is 3.10. The third-order valence-corrected chi connectivity index (χ3v) is 3.10. The monoisotopic (exact) mass is 305 g/mol. The van der Waals surface area contributed by atoms with Gasteiger partial charge >= 0.3 is 12.3 Å². The minimum absolute atomic E-state index is 0.0115. The van der Waals surface area contributed by atoms with E-state index in [2.05, 4.69) is 4.74 Å². The van der Waals surface area contributed by atoms with Crippen LogP contribution < -0.4 is 4.74 Å². The van der Waals surface area contributed by atoms with Gasteiger partial charge in [0.15, 0.2) is 0 Å². The Morgan fingerprint density at radius 3 is 2.81 bits per heavy atom. The van der Waals surface area contributed by atoms with E-state index in [0.29, 0.717) is 13.2 Å². The summed E-state index contributed by atoms with van der Waals surface area (Å²) in [5.74, 6) is -1.38. The van der Waals surface area contributed by atoms with Crippen LogP contribution in [0.3, 0.4) is 0 Å². The van der Waals surface area contributed by atoms with Gasteiger partial charge in [0.25, 0.3) is 0 Å². The van der Waals surface area contributed by atoms with Crippen LogP contribution in [0.15, 0.2) is 24.3 Å². The van der Waals surface area contributed by atoms with Gasteiger partial charge in [0.1, 0.15) is 11.8 Å². The van der Waals surface area contributed by atoms with Crippen molar-refractivity contribution in [3.8, 4) is 5.75 Å². The summed E-state index contributed by atoms with van der Waals surface area (Å²) in [6.45, 7) is 0.730. The van der Waals surface area contributed by atoms with Crippen LogP contribution in [0.25, 0.3) is 0 Å². The molecule has 0 radical (unpaired) electrons. The van der Waals surface area contributed by atoms with Gasteiger partial charge in [-0.15, -0.1) is 13.2 Å². The molecule has 1 saturated heterocycles. The SMILES string of the molecule is O=C(O)C1COCCN1Cc1ccccc1OC(F)(F)F. The molecular weight excluding hydrogens is 291 g/mol. The third kappa shape index (κ3) is 4.33. The Morgan fingerprint density at radius 1 is 1.43 bits per heavy atom.